The Morgan fingerprint density at radius 3 is 2.42 bits per heavy atom. The molecule has 0 aromatic carbocycles. The molecule has 0 saturated carbocycles. The van der Waals surface area contributed by atoms with Gasteiger partial charge in [-0.3, -0.25) is 0 Å². The molecule has 0 spiro atoms. The molecule has 0 amide bonds. The average molecular weight is 172 g/mol. The molecule has 0 aliphatic rings. The van der Waals surface area contributed by atoms with E-state index in [0.717, 1.165) is 12.4 Å². The largest absolute Gasteiger partial charge is 0.393 e. The monoisotopic (exact) mass is 172 g/mol. The zero-order valence-corrected chi connectivity index (χ0v) is 6.53. The van der Waals surface area contributed by atoms with Crippen molar-refractivity contribution < 1.29 is 14.6 Å². The molecule has 1 aromatic heterocycles. The van der Waals surface area contributed by atoms with Crippen molar-refractivity contribution in [1.82, 2.24) is 9.97 Å². The van der Waals surface area contributed by atoms with Crippen molar-refractivity contribution in [2.75, 3.05) is 6.61 Å². The summed E-state index contributed by atoms with van der Waals surface area (Å²) >= 11 is 0. The first-order chi connectivity index (χ1) is 5.56. The summed E-state index contributed by atoms with van der Waals surface area (Å²) in [6.07, 6.45) is 1.87. The lowest BCUT2D eigenvalue weighted by atomic mass is 10.1. The van der Waals surface area contributed by atoms with Crippen LogP contribution in [0.15, 0.2) is 12.4 Å². The Hall–Kier alpha value is -1.07. The molecule has 5 heteroatoms. The fraction of sp³-hybridized carbons (Fsp3) is 0.429. The lowest BCUT2D eigenvalue weighted by Gasteiger charge is -2.17. The van der Waals surface area contributed by atoms with E-state index in [1.54, 1.807) is 0 Å². The molecule has 12 heavy (non-hydrogen) atoms. The third kappa shape index (κ3) is 1.75. The number of hydrogen-bond acceptors (Lipinski definition) is 4. The summed E-state index contributed by atoms with van der Waals surface area (Å²) in [7, 11) is 0. The van der Waals surface area contributed by atoms with Gasteiger partial charge >= 0.3 is 0 Å². The highest BCUT2D eigenvalue weighted by Gasteiger charge is 2.24. The number of aromatic nitrogens is 2. The van der Waals surface area contributed by atoms with Gasteiger partial charge in [0.2, 0.25) is 0 Å². The van der Waals surface area contributed by atoms with Gasteiger partial charge in [-0.2, -0.15) is 0 Å². The maximum absolute atomic E-state index is 12.3. The summed E-state index contributed by atoms with van der Waals surface area (Å²) in [6, 6.07) is 0. The van der Waals surface area contributed by atoms with E-state index in [4.69, 9.17) is 5.11 Å². The number of rotatable bonds is 2. The van der Waals surface area contributed by atoms with Crippen molar-refractivity contribution in [3.63, 3.8) is 0 Å². The highest BCUT2D eigenvalue weighted by Crippen LogP contribution is 2.13. The van der Waals surface area contributed by atoms with E-state index in [9.17, 15) is 9.50 Å². The fourth-order valence-electron chi connectivity index (χ4n) is 0.661. The second-order valence-electron chi connectivity index (χ2n) is 2.66. The highest BCUT2D eigenvalue weighted by atomic mass is 19.1. The predicted octanol–water partition coefficient (Wildman–Crippen LogP) is -0.185. The zero-order valence-electron chi connectivity index (χ0n) is 6.53. The Morgan fingerprint density at radius 2 is 2.00 bits per heavy atom. The standard InChI is InChI=1S/C7H9FN2O2/c1-7(12,4-11)6-9-2-5(8)3-10-6/h2-3,11-12H,4H2,1H3/t7-/m1/s1. The number of nitrogens with zero attached hydrogens (tertiary/aromatic N) is 2. The van der Waals surface area contributed by atoms with Gasteiger partial charge in [0.1, 0.15) is 5.60 Å². The highest BCUT2D eigenvalue weighted by molar-refractivity contribution is 5.00. The summed E-state index contributed by atoms with van der Waals surface area (Å²) in [5.74, 6) is -0.570. The smallest absolute Gasteiger partial charge is 0.162 e. The minimum absolute atomic E-state index is 0.00593. The molecule has 0 bridgehead atoms. The van der Waals surface area contributed by atoms with Gasteiger partial charge in [-0.05, 0) is 6.92 Å². The second-order valence-corrected chi connectivity index (χ2v) is 2.66. The molecule has 0 saturated heterocycles. The normalized spacial score (nSPS) is 15.7. The van der Waals surface area contributed by atoms with Crippen molar-refractivity contribution in [3.8, 4) is 0 Å². The second kappa shape index (κ2) is 3.12. The Labute approximate surface area is 68.7 Å². The molecular formula is C7H9FN2O2. The van der Waals surface area contributed by atoms with Crippen molar-refractivity contribution in [2.24, 2.45) is 0 Å². The van der Waals surface area contributed by atoms with Crippen molar-refractivity contribution in [1.29, 1.82) is 0 Å². The Kier molecular flexibility index (Phi) is 2.35. The number of aliphatic hydroxyl groups is 2. The zero-order chi connectivity index (χ0) is 9.19. The molecular weight excluding hydrogens is 163 g/mol. The van der Waals surface area contributed by atoms with Crippen LogP contribution in [0.25, 0.3) is 0 Å². The first-order valence-electron chi connectivity index (χ1n) is 3.37. The summed E-state index contributed by atoms with van der Waals surface area (Å²) < 4.78 is 12.3. The van der Waals surface area contributed by atoms with Gasteiger partial charge in [-0.15, -0.1) is 0 Å². The first kappa shape index (κ1) is 9.02. The van der Waals surface area contributed by atoms with Gasteiger partial charge in [0.05, 0.1) is 19.0 Å². The summed E-state index contributed by atoms with van der Waals surface area (Å²) in [5.41, 5.74) is -1.51. The molecule has 0 aliphatic heterocycles. The van der Waals surface area contributed by atoms with E-state index in [1.807, 2.05) is 0 Å². The van der Waals surface area contributed by atoms with Crippen LogP contribution in [0.2, 0.25) is 0 Å². The van der Waals surface area contributed by atoms with Crippen LogP contribution in [-0.2, 0) is 5.60 Å². The van der Waals surface area contributed by atoms with Crippen LogP contribution >= 0.6 is 0 Å². The lowest BCUT2D eigenvalue weighted by Crippen LogP contribution is -2.28. The molecule has 1 rings (SSSR count). The van der Waals surface area contributed by atoms with Gasteiger partial charge in [-0.1, -0.05) is 0 Å². The molecule has 2 N–H and O–H groups in total. The molecule has 0 fully saturated rings. The maximum atomic E-state index is 12.3. The van der Waals surface area contributed by atoms with Gasteiger partial charge in [0, 0.05) is 0 Å². The summed E-state index contributed by atoms with van der Waals surface area (Å²) in [5, 5.41) is 18.1. The molecule has 66 valence electrons. The van der Waals surface area contributed by atoms with E-state index in [-0.39, 0.29) is 5.82 Å². The Bertz CT molecular complexity index is 261. The van der Waals surface area contributed by atoms with Gasteiger partial charge in [-0.25, -0.2) is 14.4 Å². The number of halogens is 1. The van der Waals surface area contributed by atoms with Crippen LogP contribution in [0.1, 0.15) is 12.7 Å². The van der Waals surface area contributed by atoms with Crippen molar-refractivity contribution in [2.45, 2.75) is 12.5 Å². The van der Waals surface area contributed by atoms with Crippen LogP contribution in [0, 0.1) is 5.82 Å². The third-order valence-corrected chi connectivity index (χ3v) is 1.41. The molecule has 1 atom stereocenters. The number of hydrogen-bond donors (Lipinski definition) is 2. The third-order valence-electron chi connectivity index (χ3n) is 1.41. The van der Waals surface area contributed by atoms with Crippen LogP contribution in [0.5, 0.6) is 0 Å². The fourth-order valence-corrected chi connectivity index (χ4v) is 0.661. The molecule has 1 heterocycles. The minimum atomic E-state index is -1.51. The van der Waals surface area contributed by atoms with Gasteiger partial charge in [0.25, 0.3) is 0 Å². The SMILES string of the molecule is C[C@@](O)(CO)c1ncc(F)cn1. The molecule has 4 nitrogen and oxygen atoms in total. The predicted molar refractivity (Wildman–Crippen MR) is 38.6 cm³/mol. The van der Waals surface area contributed by atoms with E-state index < -0.39 is 18.0 Å². The van der Waals surface area contributed by atoms with Crippen LogP contribution in [0.4, 0.5) is 4.39 Å². The van der Waals surface area contributed by atoms with Gasteiger partial charge < -0.3 is 10.2 Å². The molecule has 1 aromatic rings. The van der Waals surface area contributed by atoms with Crippen molar-refractivity contribution >= 4 is 0 Å². The van der Waals surface area contributed by atoms with E-state index in [1.165, 1.54) is 6.92 Å². The van der Waals surface area contributed by atoms with Crippen molar-refractivity contribution in [3.05, 3.63) is 24.0 Å². The minimum Gasteiger partial charge on any atom is -0.393 e. The van der Waals surface area contributed by atoms with E-state index >= 15 is 0 Å². The molecule has 0 aliphatic carbocycles. The topological polar surface area (TPSA) is 66.2 Å². The lowest BCUT2D eigenvalue weighted by molar-refractivity contribution is -0.00986. The Morgan fingerprint density at radius 1 is 1.50 bits per heavy atom. The van der Waals surface area contributed by atoms with E-state index in [2.05, 4.69) is 9.97 Å². The summed E-state index contributed by atoms with van der Waals surface area (Å²) in [4.78, 5) is 7.05. The van der Waals surface area contributed by atoms with Crippen LogP contribution in [0.3, 0.4) is 0 Å². The number of aliphatic hydroxyl groups excluding tert-OH is 1. The maximum Gasteiger partial charge on any atom is 0.162 e. The molecule has 0 unspecified atom stereocenters. The molecule has 0 radical (unpaired) electrons. The average Bonchev–Trinajstić information content (AvgIpc) is 2.05. The van der Waals surface area contributed by atoms with Crippen LogP contribution in [-0.4, -0.2) is 26.8 Å². The first-order valence-corrected chi connectivity index (χ1v) is 3.37. The van der Waals surface area contributed by atoms with Gasteiger partial charge in [0.15, 0.2) is 11.6 Å². The van der Waals surface area contributed by atoms with E-state index in [0.29, 0.717) is 0 Å². The Balaban J connectivity index is 2.96. The summed E-state index contributed by atoms with van der Waals surface area (Å²) in [6.45, 7) is 0.846. The van der Waals surface area contributed by atoms with Crippen LogP contribution < -0.4 is 0 Å². The quantitative estimate of drug-likeness (QED) is 0.649.